The third-order valence-corrected chi connectivity index (χ3v) is 6.18. The van der Waals surface area contributed by atoms with Crippen LogP contribution in [-0.4, -0.2) is 62.2 Å². The summed E-state index contributed by atoms with van der Waals surface area (Å²) in [6.45, 7) is 12.8. The average Bonchev–Trinajstić information content (AvgIpc) is 2.79. The number of morpholine rings is 1. The van der Waals surface area contributed by atoms with Crippen molar-refractivity contribution < 1.29 is 19.1 Å². The van der Waals surface area contributed by atoms with Crippen LogP contribution >= 0.6 is 0 Å². The summed E-state index contributed by atoms with van der Waals surface area (Å²) in [7, 11) is 0. The van der Waals surface area contributed by atoms with Gasteiger partial charge in [-0.2, -0.15) is 0 Å². The maximum absolute atomic E-state index is 12.8. The molecule has 2 heterocycles. The molecule has 2 aliphatic heterocycles. The first-order chi connectivity index (χ1) is 15.7. The van der Waals surface area contributed by atoms with E-state index < -0.39 is 6.10 Å². The molecule has 7 nitrogen and oxygen atoms in total. The molecule has 176 valence electrons. The van der Waals surface area contributed by atoms with E-state index in [1.165, 1.54) is 5.56 Å². The Labute approximate surface area is 195 Å². The number of hydrogen-bond acceptors (Lipinski definition) is 5. The lowest BCUT2D eigenvalue weighted by molar-refractivity contribution is -0.125. The number of nitrogens with zero attached hydrogens (tertiary/aromatic N) is 2. The molecule has 4 rings (SSSR count). The number of rotatable bonds is 5. The van der Waals surface area contributed by atoms with Gasteiger partial charge in [0.1, 0.15) is 5.75 Å². The fraction of sp³-hybridized carbons (Fsp3) is 0.462. The van der Waals surface area contributed by atoms with Crippen molar-refractivity contribution in [2.45, 2.75) is 39.2 Å². The van der Waals surface area contributed by atoms with Gasteiger partial charge in [0.05, 0.1) is 18.9 Å². The smallest absolute Gasteiger partial charge is 0.267 e. The van der Waals surface area contributed by atoms with E-state index in [9.17, 15) is 9.59 Å². The van der Waals surface area contributed by atoms with Crippen molar-refractivity contribution in [2.75, 3.05) is 49.6 Å². The largest absolute Gasteiger partial charge is 0.479 e. The van der Waals surface area contributed by atoms with Crippen molar-refractivity contribution in [3.63, 3.8) is 0 Å². The third-order valence-electron chi connectivity index (χ3n) is 6.18. The summed E-state index contributed by atoms with van der Waals surface area (Å²) in [5.74, 6) is 0.371. The van der Waals surface area contributed by atoms with Gasteiger partial charge in [-0.1, -0.05) is 32.9 Å². The number of benzene rings is 2. The summed E-state index contributed by atoms with van der Waals surface area (Å²) >= 11 is 0. The van der Waals surface area contributed by atoms with E-state index in [-0.39, 0.29) is 17.2 Å². The van der Waals surface area contributed by atoms with Crippen LogP contribution in [0, 0.1) is 0 Å². The summed E-state index contributed by atoms with van der Waals surface area (Å²) in [4.78, 5) is 29.7. The number of anilines is 2. The zero-order chi connectivity index (χ0) is 23.6. The van der Waals surface area contributed by atoms with Crippen molar-refractivity contribution in [3.05, 3.63) is 53.6 Å². The fourth-order valence-corrected chi connectivity index (χ4v) is 4.11. The zero-order valence-electron chi connectivity index (χ0n) is 19.9. The summed E-state index contributed by atoms with van der Waals surface area (Å²) in [6, 6.07) is 13.1. The van der Waals surface area contributed by atoms with Crippen LogP contribution in [0.2, 0.25) is 0 Å². The summed E-state index contributed by atoms with van der Waals surface area (Å²) in [5, 5.41) is 2.95. The van der Waals surface area contributed by atoms with Gasteiger partial charge >= 0.3 is 0 Å². The molecule has 0 spiro atoms. The van der Waals surface area contributed by atoms with Crippen molar-refractivity contribution >= 4 is 23.2 Å². The zero-order valence-corrected chi connectivity index (χ0v) is 19.9. The van der Waals surface area contributed by atoms with E-state index in [2.05, 4.69) is 31.0 Å². The molecule has 1 unspecified atom stereocenters. The number of ether oxygens (including phenoxy) is 2. The number of hydrogen-bond donors (Lipinski definition) is 1. The molecule has 7 heteroatoms. The summed E-state index contributed by atoms with van der Waals surface area (Å²) < 4.78 is 11.3. The fourth-order valence-electron chi connectivity index (χ4n) is 4.11. The molecule has 2 aromatic carbocycles. The number of nitrogens with one attached hydrogen (secondary N) is 1. The molecule has 0 aromatic heterocycles. The predicted octanol–water partition coefficient (Wildman–Crippen LogP) is 3.68. The van der Waals surface area contributed by atoms with Crippen LogP contribution in [0.4, 0.5) is 11.4 Å². The maximum Gasteiger partial charge on any atom is 0.267 e. The number of carbonyl (C=O) groups is 2. The van der Waals surface area contributed by atoms with Crippen LogP contribution < -0.4 is 15.0 Å². The number of amides is 2. The Morgan fingerprint density at radius 2 is 1.76 bits per heavy atom. The Hall–Kier alpha value is -2.90. The predicted molar refractivity (Wildman–Crippen MR) is 129 cm³/mol. The molecule has 33 heavy (non-hydrogen) atoms. The molecule has 0 saturated carbocycles. The van der Waals surface area contributed by atoms with Crippen LogP contribution in [0.5, 0.6) is 5.75 Å². The average molecular weight is 452 g/mol. The summed E-state index contributed by atoms with van der Waals surface area (Å²) in [6.07, 6.45) is -0.571. The van der Waals surface area contributed by atoms with Gasteiger partial charge in [-0.05, 0) is 42.2 Å². The van der Waals surface area contributed by atoms with Gasteiger partial charge in [0, 0.05) is 43.5 Å². The van der Waals surface area contributed by atoms with Gasteiger partial charge in [0.2, 0.25) is 0 Å². The molecule has 0 radical (unpaired) electrons. The first-order valence-electron chi connectivity index (χ1n) is 11.6. The molecule has 1 saturated heterocycles. The Kier molecular flexibility index (Phi) is 6.72. The van der Waals surface area contributed by atoms with E-state index in [1.807, 2.05) is 36.4 Å². The molecular formula is C26H33N3O4. The van der Waals surface area contributed by atoms with Gasteiger partial charge < -0.3 is 19.7 Å². The first kappa shape index (κ1) is 23.3. The highest BCUT2D eigenvalue weighted by Gasteiger charge is 2.32. The van der Waals surface area contributed by atoms with Gasteiger partial charge in [-0.3, -0.25) is 14.5 Å². The van der Waals surface area contributed by atoms with Gasteiger partial charge in [-0.25, -0.2) is 0 Å². The minimum atomic E-state index is -0.571. The minimum absolute atomic E-state index is 0.0343. The normalized spacial score (nSPS) is 19.1. The molecule has 1 atom stereocenters. The molecule has 0 bridgehead atoms. The van der Waals surface area contributed by atoms with Crippen molar-refractivity contribution in [2.24, 2.45) is 0 Å². The van der Waals surface area contributed by atoms with Crippen LogP contribution in [0.3, 0.4) is 0 Å². The topological polar surface area (TPSA) is 71.1 Å². The Bertz CT molecular complexity index is 1010. The minimum Gasteiger partial charge on any atom is -0.479 e. The first-order valence-corrected chi connectivity index (χ1v) is 11.6. The highest BCUT2D eigenvalue weighted by atomic mass is 16.5. The Morgan fingerprint density at radius 3 is 2.42 bits per heavy atom. The van der Waals surface area contributed by atoms with Crippen molar-refractivity contribution in [1.82, 2.24) is 4.90 Å². The Morgan fingerprint density at radius 1 is 1.06 bits per heavy atom. The van der Waals surface area contributed by atoms with E-state index >= 15 is 0 Å². The lowest BCUT2D eigenvalue weighted by Crippen LogP contribution is -2.48. The van der Waals surface area contributed by atoms with Gasteiger partial charge in [-0.15, -0.1) is 0 Å². The molecule has 2 amide bonds. The maximum atomic E-state index is 12.8. The number of carbonyl (C=O) groups excluding carboxylic acids is 2. The molecule has 2 aliphatic rings. The van der Waals surface area contributed by atoms with E-state index in [0.717, 1.165) is 38.5 Å². The second kappa shape index (κ2) is 9.53. The van der Waals surface area contributed by atoms with Gasteiger partial charge in [0.25, 0.3) is 11.8 Å². The second-order valence-corrected chi connectivity index (χ2v) is 9.67. The van der Waals surface area contributed by atoms with E-state index in [4.69, 9.17) is 9.47 Å². The molecule has 2 aromatic rings. The summed E-state index contributed by atoms with van der Waals surface area (Å²) in [5.41, 5.74) is 3.17. The second-order valence-electron chi connectivity index (χ2n) is 9.67. The van der Waals surface area contributed by atoms with Gasteiger partial charge in [0.15, 0.2) is 6.10 Å². The van der Waals surface area contributed by atoms with Crippen LogP contribution in [-0.2, 0) is 14.9 Å². The van der Waals surface area contributed by atoms with Crippen LogP contribution in [0.25, 0.3) is 0 Å². The highest BCUT2D eigenvalue weighted by molar-refractivity contribution is 6.05. The third kappa shape index (κ3) is 5.37. The van der Waals surface area contributed by atoms with Crippen LogP contribution in [0.1, 0.15) is 43.6 Å². The SMILES string of the molecule is CC1Oc2cc(NC(=O)c3ccc(C(C)(C)C)cc3)ccc2N(CCN2CCOCC2)C1=O. The Balaban J connectivity index is 1.47. The lowest BCUT2D eigenvalue weighted by Gasteiger charge is -2.35. The monoisotopic (exact) mass is 451 g/mol. The van der Waals surface area contributed by atoms with E-state index in [0.29, 0.717) is 23.5 Å². The number of fused-ring (bicyclic) bond motifs is 1. The lowest BCUT2D eigenvalue weighted by atomic mass is 9.87. The molecule has 1 N–H and O–H groups in total. The van der Waals surface area contributed by atoms with Crippen molar-refractivity contribution in [3.8, 4) is 5.75 Å². The molecule has 0 aliphatic carbocycles. The van der Waals surface area contributed by atoms with Crippen molar-refractivity contribution in [1.29, 1.82) is 0 Å². The van der Waals surface area contributed by atoms with E-state index in [1.54, 1.807) is 17.9 Å². The molecule has 1 fully saturated rings. The highest BCUT2D eigenvalue weighted by Crippen LogP contribution is 2.36. The standard InChI is InChI=1S/C26H33N3O4/c1-18-25(31)29(12-11-28-13-15-32-16-14-28)22-10-9-21(17-23(22)33-18)27-24(30)19-5-7-20(8-6-19)26(2,3)4/h5-10,17-18H,11-16H2,1-4H3,(H,27,30). The van der Waals surface area contributed by atoms with Crippen LogP contribution in [0.15, 0.2) is 42.5 Å². The molecular weight excluding hydrogens is 418 g/mol. The quantitative estimate of drug-likeness (QED) is 0.751.